The Labute approximate surface area is 149 Å². The molecule has 2 rings (SSSR count). The van der Waals surface area contributed by atoms with Crippen LogP contribution in [0.15, 0.2) is 24.3 Å². The number of benzene rings is 2. The molecule has 0 amide bonds. The number of hydrogen-bond acceptors (Lipinski definition) is 3. The number of carboxylic acid groups (broad SMARTS) is 1. The summed E-state index contributed by atoms with van der Waals surface area (Å²) in [5, 5.41) is 8.78. The Kier molecular flexibility index (Phi) is 6.07. The molecule has 4 nitrogen and oxygen atoms in total. The van der Waals surface area contributed by atoms with Crippen molar-refractivity contribution >= 4 is 5.97 Å². The van der Waals surface area contributed by atoms with E-state index in [4.69, 9.17) is 14.6 Å². The van der Waals surface area contributed by atoms with Crippen LogP contribution in [-0.4, -0.2) is 25.3 Å². The molecule has 4 heteroatoms. The second-order valence-electron chi connectivity index (χ2n) is 6.31. The summed E-state index contributed by atoms with van der Waals surface area (Å²) in [4.78, 5) is 10.7. The number of ether oxygens (including phenoxy) is 2. The highest BCUT2D eigenvalue weighted by Crippen LogP contribution is 2.38. The minimum atomic E-state index is -0.772. The van der Waals surface area contributed by atoms with Crippen molar-refractivity contribution in [3.8, 4) is 11.5 Å². The van der Waals surface area contributed by atoms with Gasteiger partial charge in [0.05, 0.1) is 14.2 Å². The maximum atomic E-state index is 10.7. The fourth-order valence-corrected chi connectivity index (χ4v) is 3.23. The first kappa shape index (κ1) is 18.8. The first-order valence-corrected chi connectivity index (χ1v) is 8.39. The summed E-state index contributed by atoms with van der Waals surface area (Å²) >= 11 is 0. The van der Waals surface area contributed by atoms with Crippen LogP contribution in [0.5, 0.6) is 11.5 Å². The lowest BCUT2D eigenvalue weighted by Gasteiger charge is -2.20. The number of rotatable bonds is 7. The Morgan fingerprint density at radius 1 is 0.880 bits per heavy atom. The van der Waals surface area contributed by atoms with Gasteiger partial charge in [-0.1, -0.05) is 24.3 Å². The lowest BCUT2D eigenvalue weighted by atomic mass is 9.92. The molecule has 0 aliphatic rings. The molecule has 2 aromatic carbocycles. The molecule has 0 aromatic heterocycles. The van der Waals surface area contributed by atoms with Crippen molar-refractivity contribution in [2.75, 3.05) is 14.2 Å². The molecule has 0 saturated heterocycles. The average Bonchev–Trinajstić information content (AvgIpc) is 2.59. The second kappa shape index (κ2) is 8.06. The lowest BCUT2D eigenvalue weighted by Crippen LogP contribution is -2.05. The van der Waals surface area contributed by atoms with E-state index in [1.54, 1.807) is 14.2 Å². The monoisotopic (exact) mass is 342 g/mol. The molecular formula is C21H26O4. The number of methoxy groups -OCH3 is 2. The molecule has 134 valence electrons. The molecule has 2 aromatic rings. The van der Waals surface area contributed by atoms with Gasteiger partial charge in [-0.05, 0) is 55.0 Å². The van der Waals surface area contributed by atoms with Crippen LogP contribution in [0, 0.1) is 20.8 Å². The molecule has 1 N–H and O–H groups in total. The summed E-state index contributed by atoms with van der Waals surface area (Å²) < 4.78 is 11.3. The summed E-state index contributed by atoms with van der Waals surface area (Å²) in [6, 6.07) is 8.10. The maximum absolute atomic E-state index is 10.7. The molecular weight excluding hydrogens is 316 g/mol. The van der Waals surface area contributed by atoms with Crippen molar-refractivity contribution in [3.63, 3.8) is 0 Å². The predicted octanol–water partition coefficient (Wildman–Crippen LogP) is 4.24. The highest BCUT2D eigenvalue weighted by Gasteiger charge is 2.18. The Balaban J connectivity index is 2.33. The summed E-state index contributed by atoms with van der Waals surface area (Å²) in [7, 11) is 3.40. The number of aliphatic carboxylic acids is 1. The second-order valence-corrected chi connectivity index (χ2v) is 6.31. The van der Waals surface area contributed by atoms with E-state index < -0.39 is 5.97 Å². The fourth-order valence-electron chi connectivity index (χ4n) is 3.23. The van der Waals surface area contributed by atoms with E-state index in [-0.39, 0.29) is 6.42 Å². The molecule has 0 atom stereocenters. The largest absolute Gasteiger partial charge is 0.496 e. The molecule has 0 saturated carbocycles. The molecule has 0 radical (unpaired) electrons. The van der Waals surface area contributed by atoms with E-state index >= 15 is 0 Å². The Hall–Kier alpha value is -2.49. The smallest absolute Gasteiger partial charge is 0.303 e. The number of aryl methyl sites for hydroxylation is 1. The number of hydrogen-bond donors (Lipinski definition) is 1. The lowest BCUT2D eigenvalue weighted by molar-refractivity contribution is -0.136. The minimum absolute atomic E-state index is 0.153. The van der Waals surface area contributed by atoms with E-state index in [1.165, 1.54) is 0 Å². The molecule has 0 heterocycles. The van der Waals surface area contributed by atoms with Crippen molar-refractivity contribution in [1.82, 2.24) is 0 Å². The van der Waals surface area contributed by atoms with Crippen LogP contribution in [-0.2, 0) is 17.6 Å². The third kappa shape index (κ3) is 4.13. The van der Waals surface area contributed by atoms with Gasteiger partial charge in [0.2, 0.25) is 0 Å². The zero-order chi connectivity index (χ0) is 18.6. The van der Waals surface area contributed by atoms with E-state index in [1.807, 2.05) is 19.1 Å². The quantitative estimate of drug-likeness (QED) is 0.818. The highest BCUT2D eigenvalue weighted by atomic mass is 16.5. The van der Waals surface area contributed by atoms with Crippen LogP contribution in [0.3, 0.4) is 0 Å². The van der Waals surface area contributed by atoms with Crippen LogP contribution in [0.4, 0.5) is 0 Å². The SMILES string of the molecule is COc1c(C)c(C)c(OC)c(Cc2ccc(CCC(=O)O)cc2)c1C. The summed E-state index contributed by atoms with van der Waals surface area (Å²) in [5.74, 6) is 1.05. The van der Waals surface area contributed by atoms with E-state index in [9.17, 15) is 4.79 Å². The van der Waals surface area contributed by atoms with Crippen molar-refractivity contribution < 1.29 is 19.4 Å². The van der Waals surface area contributed by atoms with Crippen LogP contribution in [0.2, 0.25) is 0 Å². The van der Waals surface area contributed by atoms with Crippen LogP contribution in [0.1, 0.15) is 39.8 Å². The van der Waals surface area contributed by atoms with Gasteiger partial charge in [-0.2, -0.15) is 0 Å². The van der Waals surface area contributed by atoms with E-state index in [2.05, 4.69) is 26.0 Å². The summed E-state index contributed by atoms with van der Waals surface area (Å²) in [6.45, 7) is 6.16. The number of carbonyl (C=O) groups is 1. The minimum Gasteiger partial charge on any atom is -0.496 e. The van der Waals surface area contributed by atoms with Gasteiger partial charge in [0, 0.05) is 18.4 Å². The fraction of sp³-hybridized carbons (Fsp3) is 0.381. The van der Waals surface area contributed by atoms with E-state index in [0.717, 1.165) is 51.3 Å². The summed E-state index contributed by atoms with van der Waals surface area (Å²) in [6.07, 6.45) is 1.45. The standard InChI is InChI=1S/C21H26O4/c1-13-14(2)21(25-5)18(15(3)20(13)24-4)12-17-8-6-16(7-9-17)10-11-19(22)23/h6-9H,10-12H2,1-5H3,(H,22,23). The molecule has 25 heavy (non-hydrogen) atoms. The predicted molar refractivity (Wildman–Crippen MR) is 99.0 cm³/mol. The van der Waals surface area contributed by atoms with Gasteiger partial charge in [-0.15, -0.1) is 0 Å². The first-order chi connectivity index (χ1) is 11.9. The van der Waals surface area contributed by atoms with Gasteiger partial charge in [-0.25, -0.2) is 0 Å². The van der Waals surface area contributed by atoms with Crippen LogP contribution < -0.4 is 9.47 Å². The van der Waals surface area contributed by atoms with Gasteiger partial charge >= 0.3 is 5.97 Å². The molecule has 0 bridgehead atoms. The topological polar surface area (TPSA) is 55.8 Å². The van der Waals surface area contributed by atoms with Crippen molar-refractivity contribution in [2.24, 2.45) is 0 Å². The van der Waals surface area contributed by atoms with Gasteiger partial charge < -0.3 is 14.6 Å². The number of carboxylic acids is 1. The maximum Gasteiger partial charge on any atom is 0.303 e. The normalized spacial score (nSPS) is 10.6. The van der Waals surface area contributed by atoms with Crippen molar-refractivity contribution in [1.29, 1.82) is 0 Å². The Morgan fingerprint density at radius 2 is 1.40 bits per heavy atom. The molecule has 0 aliphatic carbocycles. The van der Waals surface area contributed by atoms with Crippen LogP contribution in [0.25, 0.3) is 0 Å². The van der Waals surface area contributed by atoms with Crippen molar-refractivity contribution in [3.05, 3.63) is 57.6 Å². The first-order valence-electron chi connectivity index (χ1n) is 8.39. The van der Waals surface area contributed by atoms with E-state index in [0.29, 0.717) is 6.42 Å². The van der Waals surface area contributed by atoms with Gasteiger partial charge in [-0.3, -0.25) is 4.79 Å². The zero-order valence-corrected chi connectivity index (χ0v) is 15.6. The van der Waals surface area contributed by atoms with Gasteiger partial charge in [0.15, 0.2) is 0 Å². The molecule has 0 unspecified atom stereocenters. The van der Waals surface area contributed by atoms with Gasteiger partial charge in [0.1, 0.15) is 11.5 Å². The third-order valence-corrected chi connectivity index (χ3v) is 4.75. The van der Waals surface area contributed by atoms with Crippen LogP contribution >= 0.6 is 0 Å². The average molecular weight is 342 g/mol. The highest BCUT2D eigenvalue weighted by molar-refractivity contribution is 5.67. The molecule has 0 aliphatic heterocycles. The molecule has 0 spiro atoms. The molecule has 0 fully saturated rings. The van der Waals surface area contributed by atoms with Crippen molar-refractivity contribution in [2.45, 2.75) is 40.0 Å². The van der Waals surface area contributed by atoms with Gasteiger partial charge in [0.25, 0.3) is 0 Å². The third-order valence-electron chi connectivity index (χ3n) is 4.75. The zero-order valence-electron chi connectivity index (χ0n) is 15.6. The Bertz CT molecular complexity index is 761. The Morgan fingerprint density at radius 3 is 1.92 bits per heavy atom. The summed E-state index contributed by atoms with van der Waals surface area (Å²) in [5.41, 5.74) is 6.61.